The molecule has 0 atom stereocenters. The molecule has 0 aromatic carbocycles. The number of nitrogens with one attached hydrogen (secondary N) is 1. The second-order valence-electron chi connectivity index (χ2n) is 5.15. The highest BCUT2D eigenvalue weighted by molar-refractivity contribution is 5.32. The summed E-state index contributed by atoms with van der Waals surface area (Å²) in [6.07, 6.45) is 1.82. The molecule has 0 amide bonds. The minimum absolute atomic E-state index is 0.642. The Bertz CT molecular complexity index is 545. The van der Waals surface area contributed by atoms with Crippen molar-refractivity contribution in [2.45, 2.75) is 34.2 Å². The van der Waals surface area contributed by atoms with Gasteiger partial charge in [-0.25, -0.2) is 9.67 Å². The van der Waals surface area contributed by atoms with Gasteiger partial charge >= 0.3 is 0 Å². The zero-order chi connectivity index (χ0) is 13.8. The first-order valence-electron chi connectivity index (χ1n) is 6.62. The lowest BCUT2D eigenvalue weighted by Gasteiger charge is -2.08. The first-order chi connectivity index (χ1) is 9.06. The van der Waals surface area contributed by atoms with Crippen LogP contribution < -0.4 is 5.32 Å². The van der Waals surface area contributed by atoms with E-state index in [9.17, 15) is 0 Å². The quantitative estimate of drug-likeness (QED) is 0.892. The molecule has 5 nitrogen and oxygen atoms in total. The van der Waals surface area contributed by atoms with Crippen molar-refractivity contribution in [2.75, 3.05) is 6.54 Å². The summed E-state index contributed by atoms with van der Waals surface area (Å²) >= 11 is 0. The molecule has 1 N–H and O–H groups in total. The first kappa shape index (κ1) is 13.7. The van der Waals surface area contributed by atoms with Crippen molar-refractivity contribution in [2.24, 2.45) is 5.92 Å². The summed E-state index contributed by atoms with van der Waals surface area (Å²) in [5, 5.41) is 7.78. The molecule has 0 bridgehead atoms. The Labute approximate surface area is 114 Å². The van der Waals surface area contributed by atoms with Crippen molar-refractivity contribution in [1.82, 2.24) is 25.1 Å². The number of aryl methyl sites for hydroxylation is 2. The Morgan fingerprint density at radius 1 is 1.32 bits per heavy atom. The lowest BCUT2D eigenvalue weighted by Crippen LogP contribution is -2.19. The maximum Gasteiger partial charge on any atom is 0.148 e. The summed E-state index contributed by atoms with van der Waals surface area (Å²) in [6, 6.07) is 4.00. The molecule has 0 radical (unpaired) electrons. The van der Waals surface area contributed by atoms with Crippen molar-refractivity contribution in [1.29, 1.82) is 0 Å². The van der Waals surface area contributed by atoms with Gasteiger partial charge in [0.15, 0.2) is 0 Å². The highest BCUT2D eigenvalue weighted by Crippen LogP contribution is 2.10. The van der Waals surface area contributed by atoms with Crippen LogP contribution in [0, 0.1) is 19.8 Å². The molecule has 0 aliphatic rings. The average Bonchev–Trinajstić information content (AvgIpc) is 2.68. The summed E-state index contributed by atoms with van der Waals surface area (Å²) in [6.45, 7) is 10.0. The van der Waals surface area contributed by atoms with E-state index >= 15 is 0 Å². The Morgan fingerprint density at radius 3 is 2.74 bits per heavy atom. The van der Waals surface area contributed by atoms with Crippen LogP contribution in [0.1, 0.15) is 31.2 Å². The van der Waals surface area contributed by atoms with E-state index in [1.54, 1.807) is 0 Å². The Kier molecular flexibility index (Phi) is 4.27. The Balaban J connectivity index is 2.13. The summed E-state index contributed by atoms with van der Waals surface area (Å²) in [5.41, 5.74) is 2.03. The molecule has 2 heterocycles. The van der Waals surface area contributed by atoms with Crippen molar-refractivity contribution < 1.29 is 0 Å². The number of hydrogen-bond acceptors (Lipinski definition) is 4. The normalized spacial score (nSPS) is 11.2. The van der Waals surface area contributed by atoms with Gasteiger partial charge in [-0.2, -0.15) is 5.10 Å². The topological polar surface area (TPSA) is 55.6 Å². The van der Waals surface area contributed by atoms with Crippen molar-refractivity contribution in [3.63, 3.8) is 0 Å². The van der Waals surface area contributed by atoms with Gasteiger partial charge in [0.05, 0.1) is 11.4 Å². The molecule has 19 heavy (non-hydrogen) atoms. The van der Waals surface area contributed by atoms with Crippen LogP contribution in [0.25, 0.3) is 5.69 Å². The molecule has 0 unspecified atom stereocenters. The minimum atomic E-state index is 0.642. The summed E-state index contributed by atoms with van der Waals surface area (Å²) < 4.78 is 1.85. The van der Waals surface area contributed by atoms with Gasteiger partial charge < -0.3 is 5.32 Å². The third-order valence-electron chi connectivity index (χ3n) is 2.78. The molecule has 2 rings (SSSR count). The highest BCUT2D eigenvalue weighted by Gasteiger charge is 2.06. The average molecular weight is 259 g/mol. The predicted molar refractivity (Wildman–Crippen MR) is 75.2 cm³/mol. The van der Waals surface area contributed by atoms with Crippen LogP contribution in [0.4, 0.5) is 0 Å². The standard InChI is InChI=1S/C14H21N5/c1-10(2)8-15-9-13-7-14(5-6-16-13)19-12(4)17-11(3)18-19/h5-7,10,15H,8-9H2,1-4H3. The van der Waals surface area contributed by atoms with E-state index in [2.05, 4.69) is 40.3 Å². The number of pyridine rings is 1. The number of hydrogen-bond donors (Lipinski definition) is 1. The van der Waals surface area contributed by atoms with Crippen molar-refractivity contribution in [3.8, 4) is 5.69 Å². The largest absolute Gasteiger partial charge is 0.311 e. The van der Waals surface area contributed by atoms with Crippen LogP contribution in [0.2, 0.25) is 0 Å². The molecule has 0 saturated heterocycles. The number of nitrogens with zero attached hydrogens (tertiary/aromatic N) is 4. The zero-order valence-electron chi connectivity index (χ0n) is 12.0. The van der Waals surface area contributed by atoms with E-state index in [0.29, 0.717) is 5.92 Å². The maximum atomic E-state index is 4.39. The predicted octanol–water partition coefficient (Wildman–Crippen LogP) is 2.02. The van der Waals surface area contributed by atoms with Gasteiger partial charge in [-0.1, -0.05) is 13.8 Å². The fourth-order valence-electron chi connectivity index (χ4n) is 1.95. The van der Waals surface area contributed by atoms with Crippen LogP contribution >= 0.6 is 0 Å². The third kappa shape index (κ3) is 3.61. The van der Waals surface area contributed by atoms with Crippen LogP contribution in [0.15, 0.2) is 18.3 Å². The van der Waals surface area contributed by atoms with E-state index in [0.717, 1.165) is 36.1 Å². The second kappa shape index (κ2) is 5.93. The Morgan fingerprint density at radius 2 is 2.11 bits per heavy atom. The fourth-order valence-corrected chi connectivity index (χ4v) is 1.95. The van der Waals surface area contributed by atoms with E-state index in [1.807, 2.05) is 30.8 Å². The van der Waals surface area contributed by atoms with Gasteiger partial charge in [0.2, 0.25) is 0 Å². The molecule has 2 aromatic heterocycles. The molecule has 0 spiro atoms. The third-order valence-corrected chi connectivity index (χ3v) is 2.78. The molecule has 0 saturated carbocycles. The molecule has 0 aliphatic carbocycles. The number of rotatable bonds is 5. The van der Waals surface area contributed by atoms with Gasteiger partial charge in [0, 0.05) is 12.7 Å². The minimum Gasteiger partial charge on any atom is -0.311 e. The van der Waals surface area contributed by atoms with Gasteiger partial charge in [-0.3, -0.25) is 4.98 Å². The van der Waals surface area contributed by atoms with Gasteiger partial charge in [-0.05, 0) is 38.4 Å². The maximum absolute atomic E-state index is 4.39. The van der Waals surface area contributed by atoms with E-state index in [1.165, 1.54) is 0 Å². The molecule has 0 aliphatic heterocycles. The summed E-state index contributed by atoms with van der Waals surface area (Å²) in [4.78, 5) is 8.69. The molecule has 2 aromatic rings. The summed E-state index contributed by atoms with van der Waals surface area (Å²) in [7, 11) is 0. The van der Waals surface area contributed by atoms with Gasteiger partial charge in [0.25, 0.3) is 0 Å². The van der Waals surface area contributed by atoms with Gasteiger partial charge in [0.1, 0.15) is 11.6 Å². The molecule has 5 heteroatoms. The van der Waals surface area contributed by atoms with Crippen LogP contribution in [0.3, 0.4) is 0 Å². The smallest absolute Gasteiger partial charge is 0.148 e. The van der Waals surface area contributed by atoms with E-state index in [4.69, 9.17) is 0 Å². The highest BCUT2D eigenvalue weighted by atomic mass is 15.3. The van der Waals surface area contributed by atoms with E-state index in [-0.39, 0.29) is 0 Å². The van der Waals surface area contributed by atoms with Crippen LogP contribution in [-0.4, -0.2) is 26.3 Å². The molecular formula is C14H21N5. The van der Waals surface area contributed by atoms with Gasteiger partial charge in [-0.15, -0.1) is 0 Å². The van der Waals surface area contributed by atoms with Crippen molar-refractivity contribution in [3.05, 3.63) is 35.7 Å². The first-order valence-corrected chi connectivity index (χ1v) is 6.62. The summed E-state index contributed by atoms with van der Waals surface area (Å²) in [5.74, 6) is 2.32. The fraction of sp³-hybridized carbons (Fsp3) is 0.500. The lowest BCUT2D eigenvalue weighted by atomic mass is 10.2. The molecule has 102 valence electrons. The van der Waals surface area contributed by atoms with Crippen LogP contribution in [-0.2, 0) is 6.54 Å². The van der Waals surface area contributed by atoms with Crippen molar-refractivity contribution >= 4 is 0 Å². The zero-order valence-corrected chi connectivity index (χ0v) is 12.0. The van der Waals surface area contributed by atoms with E-state index < -0.39 is 0 Å². The monoisotopic (exact) mass is 259 g/mol. The molecular weight excluding hydrogens is 238 g/mol. The SMILES string of the molecule is Cc1nc(C)n(-c2ccnc(CNCC(C)C)c2)n1. The second-order valence-corrected chi connectivity index (χ2v) is 5.15. The van der Waals surface area contributed by atoms with Crippen LogP contribution in [0.5, 0.6) is 0 Å². The number of aromatic nitrogens is 4. The molecule has 0 fully saturated rings. The Hall–Kier alpha value is -1.75. The lowest BCUT2D eigenvalue weighted by molar-refractivity contribution is 0.548.